The predicted molar refractivity (Wildman–Crippen MR) is 120 cm³/mol. The minimum Gasteiger partial charge on any atom is -0.370 e. The Balaban J connectivity index is 0.00000261. The van der Waals surface area contributed by atoms with Gasteiger partial charge in [-0.25, -0.2) is 0 Å². The minimum atomic E-state index is -0.0277. The van der Waals surface area contributed by atoms with E-state index in [1.165, 1.54) is 11.1 Å². The van der Waals surface area contributed by atoms with Crippen LogP contribution in [0.3, 0.4) is 0 Å². The van der Waals surface area contributed by atoms with E-state index in [1.807, 2.05) is 49.4 Å². The van der Waals surface area contributed by atoms with Crippen molar-refractivity contribution in [3.05, 3.63) is 65.5 Å². The molecular formula is C20H24IN5O. The maximum atomic E-state index is 5.99. The van der Waals surface area contributed by atoms with Crippen LogP contribution in [0.25, 0.3) is 11.4 Å². The van der Waals surface area contributed by atoms with Crippen LogP contribution in [-0.4, -0.2) is 22.6 Å². The molecule has 142 valence electrons. The summed E-state index contributed by atoms with van der Waals surface area (Å²) in [4.78, 5) is 8.84. The summed E-state index contributed by atoms with van der Waals surface area (Å²) in [6, 6.07) is 15.8. The average Bonchev–Trinajstić information content (AvgIpc) is 3.14. The molecule has 0 amide bonds. The molecule has 27 heavy (non-hydrogen) atoms. The Hall–Kier alpha value is -2.42. The molecule has 6 nitrogen and oxygen atoms in total. The molecule has 0 aliphatic rings. The highest BCUT2D eigenvalue weighted by atomic mass is 127. The van der Waals surface area contributed by atoms with Crippen molar-refractivity contribution in [2.75, 3.05) is 11.9 Å². The molecule has 0 spiro atoms. The van der Waals surface area contributed by atoms with Crippen LogP contribution < -0.4 is 11.1 Å². The molecule has 3 aromatic rings. The van der Waals surface area contributed by atoms with Crippen molar-refractivity contribution in [2.24, 2.45) is 10.7 Å². The van der Waals surface area contributed by atoms with E-state index in [0.29, 0.717) is 24.2 Å². The standard InChI is InChI=1S/C20H23N5O.HI/c1-13-9-10-17(11-14(13)2)23-20(21)22-12-15(3)19-24-18(25-26-19)16-7-5-4-6-8-16;/h4-11,15H,12H2,1-3H3,(H3,21,22,23);1H. The van der Waals surface area contributed by atoms with Gasteiger partial charge in [-0.1, -0.05) is 48.5 Å². The molecule has 0 saturated carbocycles. The summed E-state index contributed by atoms with van der Waals surface area (Å²) in [5.74, 6) is 1.47. The fraction of sp³-hybridized carbons (Fsp3) is 0.250. The highest BCUT2D eigenvalue weighted by Gasteiger charge is 2.15. The van der Waals surface area contributed by atoms with Crippen LogP contribution >= 0.6 is 24.0 Å². The van der Waals surface area contributed by atoms with E-state index in [1.54, 1.807) is 0 Å². The number of aryl methyl sites for hydroxylation is 2. The Kier molecular flexibility index (Phi) is 7.35. The molecule has 0 fully saturated rings. The number of aliphatic imine (C=N–C) groups is 1. The van der Waals surface area contributed by atoms with Gasteiger partial charge in [0.1, 0.15) is 0 Å². The van der Waals surface area contributed by atoms with Crippen molar-refractivity contribution < 1.29 is 4.52 Å². The van der Waals surface area contributed by atoms with Crippen LogP contribution in [0.5, 0.6) is 0 Å². The molecule has 7 heteroatoms. The molecule has 1 aromatic heterocycles. The van der Waals surface area contributed by atoms with Gasteiger partial charge in [-0.15, -0.1) is 24.0 Å². The summed E-state index contributed by atoms with van der Waals surface area (Å²) in [6.07, 6.45) is 0. The molecule has 1 heterocycles. The van der Waals surface area contributed by atoms with E-state index in [2.05, 4.69) is 40.4 Å². The van der Waals surface area contributed by atoms with Gasteiger partial charge in [0.2, 0.25) is 11.7 Å². The average molecular weight is 477 g/mol. The number of hydrogen-bond acceptors (Lipinski definition) is 4. The van der Waals surface area contributed by atoms with Crippen LogP contribution in [0.15, 0.2) is 58.0 Å². The molecule has 0 radical (unpaired) electrons. The van der Waals surface area contributed by atoms with Crippen LogP contribution in [0.1, 0.15) is 29.9 Å². The molecule has 2 aromatic carbocycles. The summed E-state index contributed by atoms with van der Waals surface area (Å²) in [7, 11) is 0. The predicted octanol–water partition coefficient (Wildman–Crippen LogP) is 4.50. The maximum Gasteiger partial charge on any atom is 0.231 e. The third-order valence-corrected chi connectivity index (χ3v) is 4.21. The number of halogens is 1. The van der Waals surface area contributed by atoms with E-state index in [0.717, 1.165) is 11.3 Å². The number of nitrogens with one attached hydrogen (secondary N) is 1. The quantitative estimate of drug-likeness (QED) is 0.321. The van der Waals surface area contributed by atoms with Gasteiger partial charge >= 0.3 is 0 Å². The third kappa shape index (κ3) is 5.53. The Morgan fingerprint density at radius 1 is 1.15 bits per heavy atom. The Morgan fingerprint density at radius 3 is 2.59 bits per heavy atom. The van der Waals surface area contributed by atoms with Crippen molar-refractivity contribution in [1.29, 1.82) is 0 Å². The van der Waals surface area contributed by atoms with Crippen molar-refractivity contribution >= 4 is 35.6 Å². The van der Waals surface area contributed by atoms with Gasteiger partial charge in [0, 0.05) is 11.3 Å². The van der Waals surface area contributed by atoms with Gasteiger partial charge in [0.25, 0.3) is 0 Å². The SMILES string of the molecule is Cc1ccc(NC(N)=NCC(C)c2nc(-c3ccccc3)no2)cc1C.I. The van der Waals surface area contributed by atoms with Gasteiger partial charge in [0.15, 0.2) is 5.96 Å². The van der Waals surface area contributed by atoms with Gasteiger partial charge in [-0.2, -0.15) is 4.98 Å². The Morgan fingerprint density at radius 2 is 1.89 bits per heavy atom. The number of anilines is 1. The lowest BCUT2D eigenvalue weighted by molar-refractivity contribution is 0.361. The van der Waals surface area contributed by atoms with E-state index in [9.17, 15) is 0 Å². The van der Waals surface area contributed by atoms with Gasteiger partial charge in [-0.05, 0) is 37.1 Å². The summed E-state index contributed by atoms with van der Waals surface area (Å²) in [6.45, 7) is 6.58. The molecule has 3 rings (SSSR count). The smallest absolute Gasteiger partial charge is 0.231 e. The fourth-order valence-corrected chi connectivity index (χ4v) is 2.46. The first kappa shape index (κ1) is 20.9. The second kappa shape index (κ2) is 9.50. The zero-order valence-corrected chi connectivity index (χ0v) is 18.0. The molecular weight excluding hydrogens is 453 g/mol. The van der Waals surface area contributed by atoms with E-state index < -0.39 is 0 Å². The number of guanidine groups is 1. The Bertz CT molecular complexity index is 908. The summed E-state index contributed by atoms with van der Waals surface area (Å²) in [5.41, 5.74) is 10.3. The largest absolute Gasteiger partial charge is 0.370 e. The third-order valence-electron chi connectivity index (χ3n) is 4.21. The lowest BCUT2D eigenvalue weighted by Gasteiger charge is -2.09. The molecule has 0 aliphatic heterocycles. The Labute approximate surface area is 176 Å². The number of benzene rings is 2. The van der Waals surface area contributed by atoms with E-state index in [4.69, 9.17) is 10.3 Å². The van der Waals surface area contributed by atoms with E-state index >= 15 is 0 Å². The highest BCUT2D eigenvalue weighted by Crippen LogP contribution is 2.20. The molecule has 1 unspecified atom stereocenters. The summed E-state index contributed by atoms with van der Waals surface area (Å²) in [5, 5.41) is 7.15. The van der Waals surface area contributed by atoms with Gasteiger partial charge in [-0.3, -0.25) is 4.99 Å². The van der Waals surface area contributed by atoms with Crippen LogP contribution in [0.2, 0.25) is 0 Å². The van der Waals surface area contributed by atoms with Crippen molar-refractivity contribution in [1.82, 2.24) is 10.1 Å². The number of rotatable bonds is 5. The van der Waals surface area contributed by atoms with Gasteiger partial charge < -0.3 is 15.6 Å². The molecule has 0 aliphatic carbocycles. The van der Waals surface area contributed by atoms with Crippen LogP contribution in [0.4, 0.5) is 5.69 Å². The number of nitrogens with zero attached hydrogens (tertiary/aromatic N) is 3. The maximum absolute atomic E-state index is 5.99. The second-order valence-corrected chi connectivity index (χ2v) is 6.37. The topological polar surface area (TPSA) is 89.3 Å². The first-order valence-corrected chi connectivity index (χ1v) is 8.56. The minimum absolute atomic E-state index is 0. The number of hydrogen-bond donors (Lipinski definition) is 2. The molecule has 0 bridgehead atoms. The summed E-state index contributed by atoms with van der Waals surface area (Å²) < 4.78 is 5.37. The lowest BCUT2D eigenvalue weighted by atomic mass is 10.1. The zero-order chi connectivity index (χ0) is 18.5. The van der Waals surface area contributed by atoms with Crippen LogP contribution in [-0.2, 0) is 0 Å². The lowest BCUT2D eigenvalue weighted by Crippen LogP contribution is -2.23. The monoisotopic (exact) mass is 477 g/mol. The van der Waals surface area contributed by atoms with Crippen molar-refractivity contribution in [3.8, 4) is 11.4 Å². The summed E-state index contributed by atoms with van der Waals surface area (Å²) >= 11 is 0. The molecule has 1 atom stereocenters. The number of aromatic nitrogens is 2. The highest BCUT2D eigenvalue weighted by molar-refractivity contribution is 14.0. The molecule has 0 saturated heterocycles. The first-order chi connectivity index (χ1) is 12.5. The van der Waals surface area contributed by atoms with Gasteiger partial charge in [0.05, 0.1) is 12.5 Å². The van der Waals surface area contributed by atoms with Crippen molar-refractivity contribution in [3.63, 3.8) is 0 Å². The zero-order valence-electron chi connectivity index (χ0n) is 15.6. The van der Waals surface area contributed by atoms with Crippen molar-refractivity contribution in [2.45, 2.75) is 26.7 Å². The van der Waals surface area contributed by atoms with Crippen LogP contribution in [0, 0.1) is 13.8 Å². The van der Waals surface area contributed by atoms with E-state index in [-0.39, 0.29) is 29.9 Å². The first-order valence-electron chi connectivity index (χ1n) is 8.56. The normalized spacial score (nSPS) is 12.3. The molecule has 3 N–H and O–H groups in total. The number of nitrogens with two attached hydrogens (primary N) is 1. The fourth-order valence-electron chi connectivity index (χ4n) is 2.46. The second-order valence-electron chi connectivity index (χ2n) is 6.37.